The van der Waals surface area contributed by atoms with Crippen LogP contribution in [0.15, 0.2) is 12.3 Å². The van der Waals surface area contributed by atoms with Gasteiger partial charge in [0.2, 0.25) is 0 Å². The van der Waals surface area contributed by atoms with Gasteiger partial charge in [-0.15, -0.1) is 0 Å². The van der Waals surface area contributed by atoms with Crippen LogP contribution >= 0.6 is 0 Å². The molecule has 5 heteroatoms. The third kappa shape index (κ3) is 1.76. The van der Waals surface area contributed by atoms with Crippen LogP contribution in [0.3, 0.4) is 0 Å². The van der Waals surface area contributed by atoms with Crippen LogP contribution in [-0.2, 0) is 11.8 Å². The van der Waals surface area contributed by atoms with E-state index in [1.165, 1.54) is 5.69 Å². The van der Waals surface area contributed by atoms with Crippen molar-refractivity contribution in [1.82, 2.24) is 14.8 Å². The lowest BCUT2D eigenvalue weighted by atomic mass is 10.2. The Labute approximate surface area is 100.0 Å². The van der Waals surface area contributed by atoms with E-state index in [2.05, 4.69) is 21.0 Å². The van der Waals surface area contributed by atoms with E-state index in [0.29, 0.717) is 0 Å². The predicted octanol–water partition coefficient (Wildman–Crippen LogP) is 1.11. The Hall–Kier alpha value is -1.62. The summed E-state index contributed by atoms with van der Waals surface area (Å²) in [6, 6.07) is 2.13. The molecule has 0 N–H and O–H groups in total. The molecular weight excluding hydrogens is 216 g/mol. The highest BCUT2D eigenvalue weighted by atomic mass is 16.5. The second-order valence-corrected chi connectivity index (χ2v) is 4.39. The summed E-state index contributed by atoms with van der Waals surface area (Å²) in [4.78, 5) is 6.88. The average Bonchev–Trinajstić information content (AvgIpc) is 2.72. The minimum absolute atomic E-state index is 0.795. The maximum atomic E-state index is 5.39. The van der Waals surface area contributed by atoms with Crippen molar-refractivity contribution in [1.29, 1.82) is 0 Å². The molecule has 1 saturated heterocycles. The van der Waals surface area contributed by atoms with Crippen molar-refractivity contribution < 1.29 is 4.74 Å². The summed E-state index contributed by atoms with van der Waals surface area (Å²) in [5.41, 5.74) is 3.21. The summed E-state index contributed by atoms with van der Waals surface area (Å²) in [7, 11) is 1.93. The molecule has 0 unspecified atom stereocenters. The van der Waals surface area contributed by atoms with Gasteiger partial charge in [-0.2, -0.15) is 5.10 Å². The molecule has 5 nitrogen and oxygen atoms in total. The summed E-state index contributed by atoms with van der Waals surface area (Å²) >= 11 is 0. The molecule has 0 spiro atoms. The predicted molar refractivity (Wildman–Crippen MR) is 66.3 cm³/mol. The van der Waals surface area contributed by atoms with E-state index in [0.717, 1.165) is 43.0 Å². The van der Waals surface area contributed by atoms with E-state index in [1.807, 2.05) is 24.9 Å². The van der Waals surface area contributed by atoms with Crippen molar-refractivity contribution in [3.05, 3.63) is 18.0 Å². The fourth-order valence-corrected chi connectivity index (χ4v) is 2.29. The maximum absolute atomic E-state index is 5.39. The van der Waals surface area contributed by atoms with Crippen LogP contribution < -0.4 is 4.90 Å². The Balaban J connectivity index is 2.13. The van der Waals surface area contributed by atoms with E-state index in [9.17, 15) is 0 Å². The van der Waals surface area contributed by atoms with Crippen LogP contribution in [0.1, 0.15) is 5.69 Å². The van der Waals surface area contributed by atoms with E-state index in [4.69, 9.17) is 4.74 Å². The van der Waals surface area contributed by atoms with Gasteiger partial charge in [-0.1, -0.05) is 0 Å². The second kappa shape index (κ2) is 4.00. The largest absolute Gasteiger partial charge is 0.378 e. The topological polar surface area (TPSA) is 43.2 Å². The third-order valence-corrected chi connectivity index (χ3v) is 3.16. The number of aryl methyl sites for hydroxylation is 2. The van der Waals surface area contributed by atoms with Crippen molar-refractivity contribution in [3.63, 3.8) is 0 Å². The number of hydrogen-bond donors (Lipinski definition) is 0. The summed E-state index contributed by atoms with van der Waals surface area (Å²) in [6.07, 6.45) is 1.90. The number of fused-ring (bicyclic) bond motifs is 1. The molecule has 0 amide bonds. The highest BCUT2D eigenvalue weighted by Gasteiger charge is 2.16. The van der Waals surface area contributed by atoms with Gasteiger partial charge < -0.3 is 9.64 Å². The fraction of sp³-hybridized carbons (Fsp3) is 0.500. The smallest absolute Gasteiger partial charge is 0.159 e. The molecule has 1 aliphatic rings. The number of ether oxygens (including phenoxy) is 1. The molecule has 0 saturated carbocycles. The van der Waals surface area contributed by atoms with Crippen LogP contribution in [0, 0.1) is 6.92 Å². The van der Waals surface area contributed by atoms with E-state index in [-0.39, 0.29) is 0 Å². The number of hydrogen-bond acceptors (Lipinski definition) is 4. The first kappa shape index (κ1) is 10.5. The van der Waals surface area contributed by atoms with Gasteiger partial charge >= 0.3 is 0 Å². The van der Waals surface area contributed by atoms with Crippen molar-refractivity contribution in [3.8, 4) is 0 Å². The molecule has 0 aromatic carbocycles. The lowest BCUT2D eigenvalue weighted by Gasteiger charge is -2.29. The van der Waals surface area contributed by atoms with Crippen molar-refractivity contribution in [2.24, 2.45) is 7.05 Å². The molecule has 1 aliphatic heterocycles. The third-order valence-electron chi connectivity index (χ3n) is 3.16. The Morgan fingerprint density at radius 2 is 2.06 bits per heavy atom. The average molecular weight is 232 g/mol. The first-order valence-electron chi connectivity index (χ1n) is 5.88. The van der Waals surface area contributed by atoms with E-state index >= 15 is 0 Å². The van der Waals surface area contributed by atoms with Gasteiger partial charge in [-0.25, -0.2) is 4.98 Å². The number of rotatable bonds is 1. The standard InChI is InChI=1S/C12H16N4O/c1-9-7-11(16-3-5-17-6-4-16)10-8-13-15(2)12(10)14-9/h7-8H,3-6H2,1-2H3. The molecule has 3 heterocycles. The van der Waals surface area contributed by atoms with Gasteiger partial charge in [-0.05, 0) is 13.0 Å². The summed E-state index contributed by atoms with van der Waals surface area (Å²) < 4.78 is 7.22. The highest BCUT2D eigenvalue weighted by Crippen LogP contribution is 2.26. The molecule has 0 atom stereocenters. The molecule has 17 heavy (non-hydrogen) atoms. The number of nitrogens with zero attached hydrogens (tertiary/aromatic N) is 4. The quantitative estimate of drug-likeness (QED) is 0.739. The maximum Gasteiger partial charge on any atom is 0.159 e. The van der Waals surface area contributed by atoms with Crippen molar-refractivity contribution in [2.75, 3.05) is 31.2 Å². The van der Waals surface area contributed by atoms with E-state index < -0.39 is 0 Å². The lowest BCUT2D eigenvalue weighted by molar-refractivity contribution is 0.123. The second-order valence-electron chi connectivity index (χ2n) is 4.39. The first-order valence-corrected chi connectivity index (χ1v) is 5.88. The molecule has 1 fully saturated rings. The monoisotopic (exact) mass is 232 g/mol. The normalized spacial score (nSPS) is 16.7. The van der Waals surface area contributed by atoms with Gasteiger partial charge in [0.05, 0.1) is 30.5 Å². The zero-order valence-corrected chi connectivity index (χ0v) is 10.2. The lowest BCUT2D eigenvalue weighted by Crippen LogP contribution is -2.36. The van der Waals surface area contributed by atoms with Crippen LogP contribution in [0.5, 0.6) is 0 Å². The van der Waals surface area contributed by atoms with Gasteiger partial charge in [0.1, 0.15) is 0 Å². The van der Waals surface area contributed by atoms with E-state index in [1.54, 1.807) is 0 Å². The van der Waals surface area contributed by atoms with Crippen molar-refractivity contribution in [2.45, 2.75) is 6.92 Å². The summed E-state index contributed by atoms with van der Waals surface area (Å²) in [5, 5.41) is 5.41. The highest BCUT2D eigenvalue weighted by molar-refractivity contribution is 5.89. The van der Waals surface area contributed by atoms with Crippen molar-refractivity contribution >= 4 is 16.7 Å². The van der Waals surface area contributed by atoms with Gasteiger partial charge in [0.15, 0.2) is 5.65 Å². The van der Waals surface area contributed by atoms with Gasteiger partial charge in [-0.3, -0.25) is 4.68 Å². The zero-order valence-electron chi connectivity index (χ0n) is 10.2. The zero-order chi connectivity index (χ0) is 11.8. The Morgan fingerprint density at radius 1 is 1.29 bits per heavy atom. The van der Waals surface area contributed by atoms with Gasteiger partial charge in [0, 0.05) is 25.8 Å². The Bertz CT molecular complexity index is 543. The van der Waals surface area contributed by atoms with Gasteiger partial charge in [0.25, 0.3) is 0 Å². The summed E-state index contributed by atoms with van der Waals surface area (Å²) in [5.74, 6) is 0. The molecule has 90 valence electrons. The molecular formula is C12H16N4O. The number of anilines is 1. The molecule has 0 aliphatic carbocycles. The molecule has 2 aromatic heterocycles. The van der Waals surface area contributed by atoms with Crippen LogP contribution in [0.25, 0.3) is 11.0 Å². The Morgan fingerprint density at radius 3 is 2.82 bits per heavy atom. The SMILES string of the molecule is Cc1cc(N2CCOCC2)c2cnn(C)c2n1. The molecule has 2 aromatic rings. The van der Waals surface area contributed by atoms with Crippen LogP contribution in [0.4, 0.5) is 5.69 Å². The number of pyridine rings is 1. The minimum atomic E-state index is 0.795. The number of morpholine rings is 1. The molecule has 0 radical (unpaired) electrons. The summed E-state index contributed by atoms with van der Waals surface area (Å²) in [6.45, 7) is 5.49. The number of aromatic nitrogens is 3. The fourth-order valence-electron chi connectivity index (χ4n) is 2.29. The van der Waals surface area contributed by atoms with Crippen LogP contribution in [-0.4, -0.2) is 41.1 Å². The van der Waals surface area contributed by atoms with Crippen LogP contribution in [0.2, 0.25) is 0 Å². The first-order chi connectivity index (χ1) is 8.25. The molecule has 3 rings (SSSR count). The minimum Gasteiger partial charge on any atom is -0.378 e. The molecule has 0 bridgehead atoms. The Kier molecular flexibility index (Phi) is 2.48.